The summed E-state index contributed by atoms with van der Waals surface area (Å²) >= 11 is 0. The first-order chi connectivity index (χ1) is 25.5. The second-order valence-corrected chi connectivity index (χ2v) is 16.9. The molecule has 3 nitrogen and oxygen atoms in total. The molecule has 53 heavy (non-hydrogen) atoms. The lowest BCUT2D eigenvalue weighted by Crippen LogP contribution is -2.59. The van der Waals surface area contributed by atoms with Crippen molar-refractivity contribution in [2.75, 3.05) is 0 Å². The van der Waals surface area contributed by atoms with Crippen molar-refractivity contribution in [3.63, 3.8) is 0 Å². The molecule has 2 aliphatic rings. The van der Waals surface area contributed by atoms with Crippen molar-refractivity contribution < 1.29 is 0 Å². The summed E-state index contributed by atoms with van der Waals surface area (Å²) in [6.07, 6.45) is 0. The molecule has 0 amide bonds. The van der Waals surface area contributed by atoms with Crippen LogP contribution in [0.15, 0.2) is 97.1 Å². The van der Waals surface area contributed by atoms with Gasteiger partial charge in [-0.2, -0.15) is 5.26 Å². The van der Waals surface area contributed by atoms with Crippen molar-refractivity contribution in [2.24, 2.45) is 0 Å². The normalized spacial score (nSPS) is 13.2. The van der Waals surface area contributed by atoms with Gasteiger partial charge in [0.15, 0.2) is 0 Å². The molecule has 0 saturated heterocycles. The van der Waals surface area contributed by atoms with Gasteiger partial charge in [-0.3, -0.25) is 0 Å². The third-order valence-corrected chi connectivity index (χ3v) is 12.4. The fourth-order valence-corrected chi connectivity index (χ4v) is 9.44. The number of rotatable bonds is 5. The standard InChI is InChI=1S/C49H44BN3/c1-26(2)32-13-15-43-37(17-32)39-19-34(28(5)6)21-41-48(39)52(43)45-23-36(31-11-9-30(25-51)10-12-31)24-46-47(45)50(41)42-22-35(29(7)8)20-40-38-18-33(27(3)4)14-16-44(38)53(46)49(40)42/h9-24,26-29H,1-8H3. The minimum Gasteiger partial charge on any atom is -0.310 e. The SMILES string of the molecule is CC(C)c1ccc2c(c1)c1cc(C(C)C)cc3c1n2-c1cc(-c2ccc(C#N)cc2)cc2c1B3c1cc(C(C)C)cc3c4cc(C(C)C)ccc4n-2c13. The molecule has 0 N–H and O–H groups in total. The summed E-state index contributed by atoms with van der Waals surface area (Å²) < 4.78 is 5.18. The Kier molecular flexibility index (Phi) is 6.82. The maximum atomic E-state index is 9.64. The Morgan fingerprint density at radius 2 is 0.906 bits per heavy atom. The highest BCUT2D eigenvalue weighted by atomic mass is 15.0. The molecule has 2 aliphatic heterocycles. The second kappa shape index (κ2) is 11.2. The van der Waals surface area contributed by atoms with Crippen LogP contribution in [-0.4, -0.2) is 15.8 Å². The van der Waals surface area contributed by atoms with Gasteiger partial charge in [0, 0.05) is 44.0 Å². The maximum Gasteiger partial charge on any atom is 0.252 e. The van der Waals surface area contributed by atoms with Gasteiger partial charge in [-0.25, -0.2) is 0 Å². The zero-order valence-corrected chi connectivity index (χ0v) is 32.0. The molecule has 4 heteroatoms. The molecular formula is C49H44BN3. The Balaban J connectivity index is 1.44. The summed E-state index contributed by atoms with van der Waals surface area (Å²) in [6, 6.07) is 39.7. The predicted octanol–water partition coefficient (Wildman–Crippen LogP) is 11.1. The molecule has 0 spiro atoms. The van der Waals surface area contributed by atoms with Gasteiger partial charge < -0.3 is 9.13 Å². The number of aromatic nitrogens is 2. The molecule has 0 bridgehead atoms. The van der Waals surface area contributed by atoms with E-state index < -0.39 is 0 Å². The first-order valence-electron chi connectivity index (χ1n) is 19.5. The van der Waals surface area contributed by atoms with Gasteiger partial charge in [-0.05, 0) is 134 Å². The van der Waals surface area contributed by atoms with Crippen molar-refractivity contribution >= 4 is 66.7 Å². The minimum atomic E-state index is 0.0835. The summed E-state index contributed by atoms with van der Waals surface area (Å²) in [7, 11) is 0. The molecule has 0 atom stereocenters. The summed E-state index contributed by atoms with van der Waals surface area (Å²) in [4.78, 5) is 0. The van der Waals surface area contributed by atoms with Gasteiger partial charge in [0.1, 0.15) is 0 Å². The number of benzene rings is 6. The average Bonchev–Trinajstić information content (AvgIpc) is 3.67. The third-order valence-electron chi connectivity index (χ3n) is 12.4. The fourth-order valence-electron chi connectivity index (χ4n) is 9.44. The predicted molar refractivity (Wildman–Crippen MR) is 226 cm³/mol. The van der Waals surface area contributed by atoms with Crippen LogP contribution in [0.3, 0.4) is 0 Å². The molecule has 0 unspecified atom stereocenters. The van der Waals surface area contributed by atoms with Gasteiger partial charge in [-0.1, -0.05) is 91.8 Å². The Morgan fingerprint density at radius 3 is 1.32 bits per heavy atom. The third kappa shape index (κ3) is 4.40. The first kappa shape index (κ1) is 32.2. The molecule has 8 aromatic rings. The molecule has 2 aromatic heterocycles. The van der Waals surface area contributed by atoms with E-state index in [1.807, 2.05) is 12.1 Å². The van der Waals surface area contributed by atoms with Crippen LogP contribution in [0.5, 0.6) is 0 Å². The van der Waals surface area contributed by atoms with Crippen LogP contribution < -0.4 is 16.4 Å². The van der Waals surface area contributed by atoms with E-state index in [1.54, 1.807) is 0 Å². The Labute approximate surface area is 312 Å². The van der Waals surface area contributed by atoms with E-state index in [0.29, 0.717) is 29.2 Å². The van der Waals surface area contributed by atoms with Crippen LogP contribution in [0.1, 0.15) is 107 Å². The van der Waals surface area contributed by atoms with E-state index in [2.05, 4.69) is 156 Å². The highest BCUT2D eigenvalue weighted by molar-refractivity contribution is 7.00. The lowest BCUT2D eigenvalue weighted by Gasteiger charge is -2.35. The molecule has 6 aromatic carbocycles. The molecule has 10 rings (SSSR count). The van der Waals surface area contributed by atoms with Gasteiger partial charge in [0.05, 0.1) is 22.7 Å². The van der Waals surface area contributed by atoms with Crippen LogP contribution >= 0.6 is 0 Å². The number of hydrogen-bond donors (Lipinski definition) is 0. The molecule has 0 saturated carbocycles. The van der Waals surface area contributed by atoms with E-state index in [4.69, 9.17) is 0 Å². The number of nitrogens with zero attached hydrogens (tertiary/aromatic N) is 3. The zero-order valence-electron chi connectivity index (χ0n) is 32.0. The van der Waals surface area contributed by atoms with E-state index in [9.17, 15) is 5.26 Å². The molecule has 258 valence electrons. The van der Waals surface area contributed by atoms with E-state index in [0.717, 1.165) is 11.1 Å². The van der Waals surface area contributed by atoms with Crippen LogP contribution in [0.25, 0.3) is 66.1 Å². The van der Waals surface area contributed by atoms with Crippen molar-refractivity contribution in [1.29, 1.82) is 5.26 Å². The summed E-state index contributed by atoms with van der Waals surface area (Å²) in [5.41, 5.74) is 20.4. The second-order valence-electron chi connectivity index (χ2n) is 16.9. The zero-order chi connectivity index (χ0) is 36.6. The highest BCUT2D eigenvalue weighted by Crippen LogP contribution is 2.43. The van der Waals surface area contributed by atoms with Gasteiger partial charge >= 0.3 is 0 Å². The summed E-state index contributed by atoms with van der Waals surface area (Å²) in [5, 5.41) is 15.0. The van der Waals surface area contributed by atoms with Gasteiger partial charge in [-0.15, -0.1) is 0 Å². The van der Waals surface area contributed by atoms with Crippen LogP contribution in [-0.2, 0) is 0 Å². The Morgan fingerprint density at radius 1 is 0.472 bits per heavy atom. The topological polar surface area (TPSA) is 33.6 Å². The molecular weight excluding hydrogens is 641 g/mol. The van der Waals surface area contributed by atoms with Crippen molar-refractivity contribution in [3.05, 3.63) is 125 Å². The molecule has 0 aliphatic carbocycles. The lowest BCUT2D eigenvalue weighted by atomic mass is 9.34. The summed E-state index contributed by atoms with van der Waals surface area (Å²) in [5.74, 6) is 1.67. The first-order valence-corrected chi connectivity index (χ1v) is 19.5. The number of hydrogen-bond acceptors (Lipinski definition) is 1. The Hall–Kier alpha value is -5.53. The maximum absolute atomic E-state index is 9.64. The van der Waals surface area contributed by atoms with Crippen LogP contribution in [0, 0.1) is 11.3 Å². The molecule has 4 heterocycles. The van der Waals surface area contributed by atoms with Crippen LogP contribution in [0.2, 0.25) is 0 Å². The fraction of sp³-hybridized carbons (Fsp3) is 0.245. The van der Waals surface area contributed by atoms with E-state index in [1.165, 1.54) is 93.6 Å². The van der Waals surface area contributed by atoms with Crippen molar-refractivity contribution in [3.8, 4) is 28.6 Å². The number of nitriles is 1. The van der Waals surface area contributed by atoms with Crippen molar-refractivity contribution in [2.45, 2.75) is 79.1 Å². The smallest absolute Gasteiger partial charge is 0.252 e. The molecule has 0 fully saturated rings. The lowest BCUT2D eigenvalue weighted by molar-refractivity contribution is 0.868. The van der Waals surface area contributed by atoms with Crippen LogP contribution in [0.4, 0.5) is 0 Å². The molecule has 0 radical (unpaired) electrons. The summed E-state index contributed by atoms with van der Waals surface area (Å²) in [6.45, 7) is 18.6. The van der Waals surface area contributed by atoms with Gasteiger partial charge in [0.25, 0.3) is 6.71 Å². The van der Waals surface area contributed by atoms with E-state index in [-0.39, 0.29) is 6.71 Å². The average molecular weight is 686 g/mol. The van der Waals surface area contributed by atoms with Crippen molar-refractivity contribution in [1.82, 2.24) is 9.13 Å². The monoisotopic (exact) mass is 685 g/mol. The highest BCUT2D eigenvalue weighted by Gasteiger charge is 2.42. The minimum absolute atomic E-state index is 0.0835. The van der Waals surface area contributed by atoms with Gasteiger partial charge in [0.2, 0.25) is 0 Å². The number of fused-ring (bicyclic) bond motifs is 10. The quantitative estimate of drug-likeness (QED) is 0.166. The van der Waals surface area contributed by atoms with E-state index >= 15 is 0 Å². The Bertz CT molecular complexity index is 2740. The largest absolute Gasteiger partial charge is 0.310 e.